The van der Waals surface area contributed by atoms with Gasteiger partial charge in [-0.05, 0) is 42.2 Å². The Hall–Kier alpha value is -1.57. The third-order valence-electron chi connectivity index (χ3n) is 2.20. The zero-order valence-corrected chi connectivity index (χ0v) is 8.45. The largest absolute Gasteiger partial charge is 0.508 e. The number of carbonyl (C=O) groups excluding carboxylic acids is 1. The van der Waals surface area contributed by atoms with E-state index in [1.54, 1.807) is 25.1 Å². The lowest BCUT2D eigenvalue weighted by Gasteiger charge is -2.06. The summed E-state index contributed by atoms with van der Waals surface area (Å²) in [6.07, 6.45) is 1.64. The Morgan fingerprint density at radius 1 is 1.50 bits per heavy atom. The summed E-state index contributed by atoms with van der Waals surface area (Å²) < 4.78 is 0. The van der Waals surface area contributed by atoms with Crippen LogP contribution in [0.2, 0.25) is 0 Å². The lowest BCUT2D eigenvalue weighted by atomic mass is 9.99. The minimum Gasteiger partial charge on any atom is -0.508 e. The van der Waals surface area contributed by atoms with Crippen molar-refractivity contribution in [2.45, 2.75) is 20.3 Å². The second-order valence-corrected chi connectivity index (χ2v) is 3.18. The lowest BCUT2D eigenvalue weighted by molar-refractivity contribution is -0.104. The quantitative estimate of drug-likeness (QED) is 0.587. The number of carbonyl (C=O) groups is 1. The van der Waals surface area contributed by atoms with E-state index in [1.807, 2.05) is 13.0 Å². The van der Waals surface area contributed by atoms with Gasteiger partial charge in [0.15, 0.2) is 0 Å². The molecule has 1 rings (SSSR count). The minimum absolute atomic E-state index is 0.229. The number of rotatable bonds is 3. The second-order valence-electron chi connectivity index (χ2n) is 3.18. The molecular weight excluding hydrogens is 176 g/mol. The molecule has 0 fully saturated rings. The third kappa shape index (κ3) is 2.22. The van der Waals surface area contributed by atoms with E-state index in [4.69, 9.17) is 0 Å². The topological polar surface area (TPSA) is 37.3 Å². The van der Waals surface area contributed by atoms with Crippen LogP contribution < -0.4 is 0 Å². The van der Waals surface area contributed by atoms with Crippen LogP contribution in [0, 0.1) is 0 Å². The Morgan fingerprint density at radius 3 is 2.71 bits per heavy atom. The third-order valence-corrected chi connectivity index (χ3v) is 2.20. The van der Waals surface area contributed by atoms with Crippen LogP contribution in [0.4, 0.5) is 0 Å². The Bertz CT molecular complexity index is 364. The molecule has 0 aliphatic carbocycles. The first-order valence-corrected chi connectivity index (χ1v) is 4.63. The standard InChI is InChI=1S/C12H14O2/c1-3-12(9(2)8-13)10-5-4-6-11(14)7-10/h4-8,14H,3H2,1-2H3/b12-9+. The molecule has 0 aliphatic heterocycles. The van der Waals surface area contributed by atoms with E-state index >= 15 is 0 Å². The van der Waals surface area contributed by atoms with Crippen molar-refractivity contribution in [3.8, 4) is 5.75 Å². The van der Waals surface area contributed by atoms with Gasteiger partial charge in [-0.25, -0.2) is 0 Å². The maximum absolute atomic E-state index is 10.6. The van der Waals surface area contributed by atoms with Gasteiger partial charge in [-0.3, -0.25) is 4.79 Å². The molecule has 0 aliphatic rings. The Balaban J connectivity index is 3.20. The van der Waals surface area contributed by atoms with E-state index in [-0.39, 0.29) is 5.75 Å². The molecule has 0 radical (unpaired) electrons. The zero-order valence-electron chi connectivity index (χ0n) is 8.45. The van der Waals surface area contributed by atoms with Crippen molar-refractivity contribution in [1.82, 2.24) is 0 Å². The predicted octanol–water partition coefficient (Wildman–Crippen LogP) is 2.77. The van der Waals surface area contributed by atoms with Crippen molar-refractivity contribution in [3.63, 3.8) is 0 Å². The molecule has 0 heterocycles. The molecule has 1 aromatic carbocycles. The summed E-state index contributed by atoms with van der Waals surface area (Å²) in [5.41, 5.74) is 2.62. The highest BCUT2D eigenvalue weighted by atomic mass is 16.3. The van der Waals surface area contributed by atoms with Gasteiger partial charge in [0.1, 0.15) is 12.0 Å². The van der Waals surface area contributed by atoms with E-state index < -0.39 is 0 Å². The zero-order chi connectivity index (χ0) is 10.6. The fourth-order valence-corrected chi connectivity index (χ4v) is 1.48. The van der Waals surface area contributed by atoms with Gasteiger partial charge in [-0.2, -0.15) is 0 Å². The summed E-state index contributed by atoms with van der Waals surface area (Å²) in [7, 11) is 0. The van der Waals surface area contributed by atoms with E-state index in [1.165, 1.54) is 0 Å². The van der Waals surface area contributed by atoms with Gasteiger partial charge >= 0.3 is 0 Å². The van der Waals surface area contributed by atoms with Gasteiger partial charge in [0.25, 0.3) is 0 Å². The average Bonchev–Trinajstić information content (AvgIpc) is 2.19. The highest BCUT2D eigenvalue weighted by Crippen LogP contribution is 2.24. The van der Waals surface area contributed by atoms with Crippen LogP contribution in [0.5, 0.6) is 5.75 Å². The average molecular weight is 190 g/mol. The molecule has 1 aromatic rings. The number of aldehydes is 1. The normalized spacial score (nSPS) is 12.1. The molecule has 1 N–H and O–H groups in total. The number of allylic oxidation sites excluding steroid dienone is 2. The van der Waals surface area contributed by atoms with Gasteiger partial charge in [-0.1, -0.05) is 19.1 Å². The van der Waals surface area contributed by atoms with Crippen molar-refractivity contribution in [2.75, 3.05) is 0 Å². The molecule has 0 amide bonds. The molecule has 2 heteroatoms. The molecule has 2 nitrogen and oxygen atoms in total. The number of hydrogen-bond acceptors (Lipinski definition) is 2. The molecule has 0 saturated heterocycles. The molecule has 0 aromatic heterocycles. The van der Waals surface area contributed by atoms with Crippen molar-refractivity contribution < 1.29 is 9.90 Å². The summed E-state index contributed by atoms with van der Waals surface area (Å²) in [5, 5.41) is 9.30. The summed E-state index contributed by atoms with van der Waals surface area (Å²) in [5.74, 6) is 0.229. The molecule has 0 atom stereocenters. The lowest BCUT2D eigenvalue weighted by Crippen LogP contribution is -1.89. The van der Waals surface area contributed by atoms with Gasteiger partial charge in [-0.15, -0.1) is 0 Å². The molecule has 74 valence electrons. The molecule has 0 bridgehead atoms. The van der Waals surface area contributed by atoms with Gasteiger partial charge in [0.05, 0.1) is 0 Å². The number of hydrogen-bond donors (Lipinski definition) is 1. The predicted molar refractivity (Wildman–Crippen MR) is 57.1 cm³/mol. The van der Waals surface area contributed by atoms with E-state index in [0.29, 0.717) is 0 Å². The molecular formula is C12H14O2. The summed E-state index contributed by atoms with van der Waals surface area (Å²) in [6.45, 7) is 3.78. The maximum Gasteiger partial charge on any atom is 0.146 e. The molecule has 0 unspecified atom stereocenters. The van der Waals surface area contributed by atoms with Crippen molar-refractivity contribution in [3.05, 3.63) is 35.4 Å². The van der Waals surface area contributed by atoms with Gasteiger partial charge in [0.2, 0.25) is 0 Å². The van der Waals surface area contributed by atoms with Crippen LogP contribution in [0.25, 0.3) is 5.57 Å². The highest BCUT2D eigenvalue weighted by Gasteiger charge is 2.03. The van der Waals surface area contributed by atoms with E-state index in [2.05, 4.69) is 0 Å². The number of benzene rings is 1. The molecule has 14 heavy (non-hydrogen) atoms. The van der Waals surface area contributed by atoms with Crippen LogP contribution in [0.15, 0.2) is 29.8 Å². The van der Waals surface area contributed by atoms with Crippen LogP contribution >= 0.6 is 0 Å². The summed E-state index contributed by atoms with van der Waals surface area (Å²) in [6, 6.07) is 6.96. The number of phenols is 1. The first kappa shape index (κ1) is 10.5. The smallest absolute Gasteiger partial charge is 0.146 e. The Kier molecular flexibility index (Phi) is 3.46. The van der Waals surface area contributed by atoms with Crippen LogP contribution in [0.1, 0.15) is 25.8 Å². The monoisotopic (exact) mass is 190 g/mol. The molecule has 0 saturated carbocycles. The fraction of sp³-hybridized carbons (Fsp3) is 0.250. The van der Waals surface area contributed by atoms with Crippen molar-refractivity contribution in [1.29, 1.82) is 0 Å². The first-order chi connectivity index (χ1) is 6.69. The molecule has 0 spiro atoms. The number of phenolic OH excluding ortho intramolecular Hbond substituents is 1. The summed E-state index contributed by atoms with van der Waals surface area (Å²) >= 11 is 0. The summed E-state index contributed by atoms with van der Waals surface area (Å²) in [4.78, 5) is 10.6. The SMILES string of the molecule is CC/C(=C(/C)C=O)c1cccc(O)c1. The van der Waals surface area contributed by atoms with Crippen LogP contribution in [-0.4, -0.2) is 11.4 Å². The van der Waals surface area contributed by atoms with Gasteiger partial charge < -0.3 is 5.11 Å². The first-order valence-electron chi connectivity index (χ1n) is 4.63. The van der Waals surface area contributed by atoms with Crippen molar-refractivity contribution in [2.24, 2.45) is 0 Å². The van der Waals surface area contributed by atoms with Crippen LogP contribution in [0.3, 0.4) is 0 Å². The fourth-order valence-electron chi connectivity index (χ4n) is 1.48. The minimum atomic E-state index is 0.229. The second kappa shape index (κ2) is 4.61. The van der Waals surface area contributed by atoms with E-state index in [9.17, 15) is 9.90 Å². The Labute approximate surface area is 83.9 Å². The van der Waals surface area contributed by atoms with Gasteiger partial charge in [0, 0.05) is 0 Å². The van der Waals surface area contributed by atoms with E-state index in [0.717, 1.165) is 29.4 Å². The van der Waals surface area contributed by atoms with Crippen molar-refractivity contribution >= 4 is 11.9 Å². The highest BCUT2D eigenvalue weighted by molar-refractivity contribution is 5.87. The Morgan fingerprint density at radius 2 is 2.21 bits per heavy atom. The number of aromatic hydroxyl groups is 1. The maximum atomic E-state index is 10.6. The van der Waals surface area contributed by atoms with Crippen LogP contribution in [-0.2, 0) is 4.79 Å².